The zero-order chi connectivity index (χ0) is 19.2. The summed E-state index contributed by atoms with van der Waals surface area (Å²) >= 11 is 6.14. The quantitative estimate of drug-likeness (QED) is 0.507. The number of halogens is 1. The van der Waals surface area contributed by atoms with Gasteiger partial charge in [-0.05, 0) is 48.4 Å². The van der Waals surface area contributed by atoms with Crippen LogP contribution in [0.5, 0.6) is 5.75 Å². The van der Waals surface area contributed by atoms with Gasteiger partial charge in [0.2, 0.25) is 0 Å². The van der Waals surface area contributed by atoms with Crippen molar-refractivity contribution in [3.63, 3.8) is 0 Å². The molecular weight excluding hydrogens is 366 g/mol. The number of carbonyl (C=O) groups excluding carboxylic acids is 1. The van der Waals surface area contributed by atoms with Crippen LogP contribution < -0.4 is 10.2 Å². The summed E-state index contributed by atoms with van der Waals surface area (Å²) in [6, 6.07) is 12.5. The molecule has 0 aliphatic carbocycles. The first-order valence-corrected chi connectivity index (χ1v) is 8.70. The first-order chi connectivity index (χ1) is 13.1. The van der Waals surface area contributed by atoms with E-state index >= 15 is 0 Å². The van der Waals surface area contributed by atoms with Crippen molar-refractivity contribution in [1.82, 2.24) is 10.4 Å². The third-order valence-corrected chi connectivity index (χ3v) is 4.18. The number of carbonyl (C=O) groups is 1. The molecule has 0 saturated carbocycles. The van der Waals surface area contributed by atoms with E-state index in [0.717, 1.165) is 17.5 Å². The number of pyridine rings is 1. The average Bonchev–Trinajstić information content (AvgIpc) is 3.17. The van der Waals surface area contributed by atoms with E-state index in [4.69, 9.17) is 20.8 Å². The number of hydrogen-bond donors (Lipinski definition) is 1. The Bertz CT molecular complexity index is 965. The Morgan fingerprint density at radius 2 is 2.15 bits per heavy atom. The van der Waals surface area contributed by atoms with Crippen molar-refractivity contribution in [2.24, 2.45) is 5.10 Å². The number of benzene rings is 1. The number of aromatic nitrogens is 1. The van der Waals surface area contributed by atoms with Gasteiger partial charge in [0.15, 0.2) is 0 Å². The minimum Gasteiger partial charge on any atom is -0.495 e. The average molecular weight is 384 g/mol. The Kier molecular flexibility index (Phi) is 5.88. The fraction of sp³-hybridized carbons (Fsp3) is 0.150. The Labute approximate surface area is 161 Å². The molecule has 138 valence electrons. The van der Waals surface area contributed by atoms with Gasteiger partial charge in [-0.25, -0.2) is 5.43 Å². The SMILES string of the molecule is CCc1ccc(C(=O)N/N=C\c2ccc(-c3ccc(OC)c(Cl)c3)o2)nc1. The highest BCUT2D eigenvalue weighted by atomic mass is 35.5. The molecule has 7 heteroatoms. The van der Waals surface area contributed by atoms with Crippen LogP contribution in [0.2, 0.25) is 5.02 Å². The molecule has 0 saturated heterocycles. The van der Waals surface area contributed by atoms with Crippen LogP contribution in [-0.2, 0) is 6.42 Å². The van der Waals surface area contributed by atoms with Gasteiger partial charge < -0.3 is 9.15 Å². The van der Waals surface area contributed by atoms with Gasteiger partial charge in [-0.1, -0.05) is 24.6 Å². The Morgan fingerprint density at radius 3 is 2.81 bits per heavy atom. The lowest BCUT2D eigenvalue weighted by Crippen LogP contribution is -2.18. The van der Waals surface area contributed by atoms with E-state index in [-0.39, 0.29) is 5.91 Å². The summed E-state index contributed by atoms with van der Waals surface area (Å²) in [7, 11) is 1.56. The largest absolute Gasteiger partial charge is 0.495 e. The number of amides is 1. The van der Waals surface area contributed by atoms with E-state index < -0.39 is 0 Å². The third kappa shape index (κ3) is 4.54. The number of furan rings is 1. The predicted molar refractivity (Wildman–Crippen MR) is 104 cm³/mol. The Balaban J connectivity index is 1.64. The predicted octanol–water partition coefficient (Wildman–Crippen LogP) is 4.33. The lowest BCUT2D eigenvalue weighted by molar-refractivity contribution is 0.0950. The smallest absolute Gasteiger partial charge is 0.289 e. The van der Waals surface area contributed by atoms with Crippen LogP contribution >= 0.6 is 11.6 Å². The van der Waals surface area contributed by atoms with Crippen LogP contribution in [0.25, 0.3) is 11.3 Å². The van der Waals surface area contributed by atoms with Crippen molar-refractivity contribution in [2.75, 3.05) is 7.11 Å². The van der Waals surface area contributed by atoms with Crippen LogP contribution in [0.3, 0.4) is 0 Å². The molecule has 6 nitrogen and oxygen atoms in total. The van der Waals surface area contributed by atoms with Crippen molar-refractivity contribution in [3.8, 4) is 17.1 Å². The maximum Gasteiger partial charge on any atom is 0.289 e. The fourth-order valence-corrected chi connectivity index (χ4v) is 2.63. The standard InChI is InChI=1S/C20H18ClN3O3/c1-3-13-4-7-17(22-11-13)20(25)24-23-12-15-6-9-18(27-15)14-5-8-19(26-2)16(21)10-14/h4-12H,3H2,1-2H3,(H,24,25)/b23-12-. The van der Waals surface area contributed by atoms with Gasteiger partial charge in [-0.2, -0.15) is 5.10 Å². The number of nitrogens with one attached hydrogen (secondary N) is 1. The number of methoxy groups -OCH3 is 1. The van der Waals surface area contributed by atoms with Gasteiger partial charge in [-0.3, -0.25) is 9.78 Å². The number of ether oxygens (including phenoxy) is 1. The molecule has 0 aliphatic heterocycles. The maximum atomic E-state index is 12.0. The van der Waals surface area contributed by atoms with Gasteiger partial charge >= 0.3 is 0 Å². The summed E-state index contributed by atoms with van der Waals surface area (Å²) in [6.45, 7) is 2.03. The summed E-state index contributed by atoms with van der Waals surface area (Å²) in [5, 5.41) is 4.40. The molecule has 1 amide bonds. The van der Waals surface area contributed by atoms with Gasteiger partial charge in [-0.15, -0.1) is 0 Å². The fourth-order valence-electron chi connectivity index (χ4n) is 2.38. The van der Waals surface area contributed by atoms with Crippen LogP contribution in [0.15, 0.2) is 58.2 Å². The minimum absolute atomic E-state index is 0.303. The van der Waals surface area contributed by atoms with Crippen LogP contribution in [-0.4, -0.2) is 24.2 Å². The van der Waals surface area contributed by atoms with Crippen molar-refractivity contribution in [1.29, 1.82) is 0 Å². The van der Waals surface area contributed by atoms with Crippen LogP contribution in [0, 0.1) is 0 Å². The van der Waals surface area contributed by atoms with Crippen LogP contribution in [0.1, 0.15) is 28.7 Å². The molecule has 0 bridgehead atoms. The van der Waals surface area contributed by atoms with Gasteiger partial charge in [0.1, 0.15) is 23.0 Å². The number of aryl methyl sites for hydroxylation is 1. The number of hydrazone groups is 1. The summed E-state index contributed by atoms with van der Waals surface area (Å²) in [5.41, 5.74) is 4.61. The molecule has 2 aromatic heterocycles. The second-order valence-electron chi connectivity index (χ2n) is 5.66. The van der Waals surface area contributed by atoms with E-state index in [9.17, 15) is 4.79 Å². The summed E-state index contributed by atoms with van der Waals surface area (Å²) in [4.78, 5) is 16.1. The number of rotatable bonds is 6. The third-order valence-electron chi connectivity index (χ3n) is 3.89. The molecule has 3 aromatic rings. The minimum atomic E-state index is -0.386. The molecule has 0 atom stereocenters. The van der Waals surface area contributed by atoms with E-state index in [1.165, 1.54) is 6.21 Å². The van der Waals surface area contributed by atoms with Crippen molar-refractivity contribution >= 4 is 23.7 Å². The Hall–Kier alpha value is -3.12. The molecule has 1 N–H and O–H groups in total. The zero-order valence-corrected chi connectivity index (χ0v) is 15.7. The van der Waals surface area contributed by atoms with Crippen molar-refractivity contribution in [2.45, 2.75) is 13.3 Å². The monoisotopic (exact) mass is 383 g/mol. The van der Waals surface area contributed by atoms with Crippen molar-refractivity contribution < 1.29 is 13.9 Å². The molecule has 0 unspecified atom stereocenters. The zero-order valence-electron chi connectivity index (χ0n) is 14.9. The molecule has 3 rings (SSSR count). The van der Waals surface area contributed by atoms with E-state index in [2.05, 4.69) is 15.5 Å². The lowest BCUT2D eigenvalue weighted by atomic mass is 10.2. The Morgan fingerprint density at radius 1 is 1.30 bits per heavy atom. The second-order valence-corrected chi connectivity index (χ2v) is 6.06. The van der Waals surface area contributed by atoms with Gasteiger partial charge in [0.05, 0.1) is 18.3 Å². The summed E-state index contributed by atoms with van der Waals surface area (Å²) in [5.74, 6) is 1.33. The van der Waals surface area contributed by atoms with Crippen LogP contribution in [0.4, 0.5) is 0 Å². The van der Waals surface area contributed by atoms with Gasteiger partial charge in [0, 0.05) is 11.8 Å². The highest BCUT2D eigenvalue weighted by Gasteiger charge is 2.08. The number of hydrogen-bond acceptors (Lipinski definition) is 5. The molecular formula is C20H18ClN3O3. The lowest BCUT2D eigenvalue weighted by Gasteiger charge is -2.04. The topological polar surface area (TPSA) is 76.7 Å². The first-order valence-electron chi connectivity index (χ1n) is 8.32. The molecule has 0 radical (unpaired) electrons. The molecule has 0 spiro atoms. The van der Waals surface area contributed by atoms with Gasteiger partial charge in [0.25, 0.3) is 5.91 Å². The molecule has 0 fully saturated rings. The molecule has 27 heavy (non-hydrogen) atoms. The van der Waals surface area contributed by atoms with E-state index in [1.54, 1.807) is 43.6 Å². The second kappa shape index (κ2) is 8.51. The van der Waals surface area contributed by atoms with E-state index in [0.29, 0.717) is 28.0 Å². The van der Waals surface area contributed by atoms with E-state index in [1.807, 2.05) is 19.1 Å². The number of nitrogens with zero attached hydrogens (tertiary/aromatic N) is 2. The highest BCUT2D eigenvalue weighted by Crippen LogP contribution is 2.30. The summed E-state index contributed by atoms with van der Waals surface area (Å²) in [6.07, 6.45) is 3.97. The molecule has 0 aliphatic rings. The normalized spacial score (nSPS) is 10.9. The highest BCUT2D eigenvalue weighted by molar-refractivity contribution is 6.32. The summed E-state index contributed by atoms with van der Waals surface area (Å²) < 4.78 is 10.8. The molecule has 2 heterocycles. The van der Waals surface area contributed by atoms with Crippen molar-refractivity contribution in [3.05, 3.63) is 70.7 Å². The first kappa shape index (κ1) is 18.7. The maximum absolute atomic E-state index is 12.0. The molecule has 1 aromatic carbocycles.